The average molecular weight is 1110 g/mol. The summed E-state index contributed by atoms with van der Waals surface area (Å²) in [6.45, 7) is 6.41. The Hall–Kier alpha value is -3.93. The zero-order chi connectivity index (χ0) is 57.8. The summed E-state index contributed by atoms with van der Waals surface area (Å²) < 4.78 is 16.9. The monoisotopic (exact) mass is 1110 g/mol. The lowest BCUT2D eigenvalue weighted by Crippen LogP contribution is -2.30. The first kappa shape index (κ1) is 76.1. The summed E-state index contributed by atoms with van der Waals surface area (Å²) in [5.41, 5.74) is 0. The van der Waals surface area contributed by atoms with Crippen molar-refractivity contribution in [2.45, 2.75) is 329 Å². The molecule has 0 rings (SSSR count). The highest BCUT2D eigenvalue weighted by atomic mass is 16.6. The predicted octanol–water partition coefficient (Wildman–Crippen LogP) is 23.4. The van der Waals surface area contributed by atoms with Crippen LogP contribution in [0.3, 0.4) is 0 Å². The molecule has 0 aliphatic carbocycles. The van der Waals surface area contributed by atoms with Gasteiger partial charge in [-0.05, 0) is 103 Å². The van der Waals surface area contributed by atoms with Gasteiger partial charge in [0.05, 0.1) is 0 Å². The Balaban J connectivity index is 4.35. The molecule has 0 heterocycles. The number of carbonyl (C=O) groups is 3. The smallest absolute Gasteiger partial charge is 0.306 e. The molecule has 0 saturated heterocycles. The molecule has 0 aromatic carbocycles. The first-order valence-electron chi connectivity index (χ1n) is 33.9. The van der Waals surface area contributed by atoms with E-state index >= 15 is 0 Å². The number of hydrogen-bond acceptors (Lipinski definition) is 6. The van der Waals surface area contributed by atoms with E-state index in [4.69, 9.17) is 14.2 Å². The summed E-state index contributed by atoms with van der Waals surface area (Å²) in [7, 11) is 0. The van der Waals surface area contributed by atoms with Gasteiger partial charge in [-0.3, -0.25) is 14.4 Å². The van der Waals surface area contributed by atoms with Crippen molar-refractivity contribution >= 4 is 17.9 Å². The molecule has 0 fully saturated rings. The maximum absolute atomic E-state index is 12.9. The second-order valence-corrected chi connectivity index (χ2v) is 22.3. The van der Waals surface area contributed by atoms with Crippen molar-refractivity contribution in [2.24, 2.45) is 0 Å². The predicted molar refractivity (Wildman–Crippen MR) is 348 cm³/mol. The first-order chi connectivity index (χ1) is 39.5. The highest BCUT2D eigenvalue weighted by molar-refractivity contribution is 5.71. The molecule has 6 nitrogen and oxygen atoms in total. The quantitative estimate of drug-likeness (QED) is 0.0261. The SMILES string of the molecule is CC/C=C\C/C=C\C/C=C\C/C=C\C/C=C\CCCCCCCCCCCCCC(=O)OCC(COC(=O)CCCC/C=C\C/C=C\C/C=C\C/C=C\CC)OC(=O)CCCCCCCCCCCCCCCCCCCCCC. The van der Waals surface area contributed by atoms with Crippen LogP contribution in [0.15, 0.2) is 109 Å². The van der Waals surface area contributed by atoms with Gasteiger partial charge in [0, 0.05) is 19.3 Å². The number of allylic oxidation sites excluding steroid dienone is 18. The first-order valence-corrected chi connectivity index (χ1v) is 33.9. The zero-order valence-corrected chi connectivity index (χ0v) is 52.6. The highest BCUT2D eigenvalue weighted by Crippen LogP contribution is 2.17. The lowest BCUT2D eigenvalue weighted by molar-refractivity contribution is -0.167. The topological polar surface area (TPSA) is 78.9 Å². The molecule has 80 heavy (non-hydrogen) atoms. The Morgan fingerprint density at radius 2 is 0.487 bits per heavy atom. The van der Waals surface area contributed by atoms with E-state index in [1.165, 1.54) is 167 Å². The van der Waals surface area contributed by atoms with Crippen molar-refractivity contribution in [1.82, 2.24) is 0 Å². The third-order valence-corrected chi connectivity index (χ3v) is 14.5. The van der Waals surface area contributed by atoms with Crippen LogP contribution in [0.2, 0.25) is 0 Å². The van der Waals surface area contributed by atoms with E-state index in [1.807, 2.05) is 0 Å². The third kappa shape index (κ3) is 64.9. The minimum absolute atomic E-state index is 0.0910. The minimum atomic E-state index is -0.797. The minimum Gasteiger partial charge on any atom is -0.462 e. The second-order valence-electron chi connectivity index (χ2n) is 22.3. The Morgan fingerprint density at radius 1 is 0.263 bits per heavy atom. The molecule has 0 aromatic rings. The van der Waals surface area contributed by atoms with Gasteiger partial charge < -0.3 is 14.2 Å². The maximum Gasteiger partial charge on any atom is 0.306 e. The van der Waals surface area contributed by atoms with E-state index in [0.717, 1.165) is 116 Å². The molecule has 1 atom stereocenters. The fraction of sp³-hybridized carbons (Fsp3) is 0.716. The van der Waals surface area contributed by atoms with E-state index in [0.29, 0.717) is 19.3 Å². The summed E-state index contributed by atoms with van der Waals surface area (Å²) in [4.78, 5) is 38.4. The summed E-state index contributed by atoms with van der Waals surface area (Å²) in [6.07, 6.45) is 92.5. The lowest BCUT2D eigenvalue weighted by atomic mass is 10.0. The van der Waals surface area contributed by atoms with E-state index in [9.17, 15) is 14.4 Å². The lowest BCUT2D eigenvalue weighted by Gasteiger charge is -2.18. The standard InChI is InChI=1S/C74H126O6/c1-4-7-10-13-16-19-22-25-28-30-32-34-35-36-37-38-39-40-42-43-46-49-52-55-58-61-64-67-73(76)79-70-71(69-78-72(75)66-63-60-57-54-51-48-45-27-24-21-18-15-12-9-6-3)80-74(77)68-65-62-59-56-53-50-47-44-41-33-31-29-26-23-20-17-14-11-8-5-2/h7,9-10,12,16,18-19,21,25,27-28,32,34,36-37,45,51,54,71H,4-6,8,11,13-15,17,20,22-24,26,29-31,33,35,38-44,46-50,52-53,55-70H2,1-3H3/b10-7-,12-9-,19-16-,21-18-,28-25-,34-32-,37-36-,45-27-,54-51-. The molecule has 0 spiro atoms. The normalized spacial score (nSPS) is 12.8. The van der Waals surface area contributed by atoms with Crippen molar-refractivity contribution in [1.29, 1.82) is 0 Å². The van der Waals surface area contributed by atoms with Crippen LogP contribution >= 0.6 is 0 Å². The number of carbonyl (C=O) groups excluding carboxylic acids is 3. The molecule has 0 aliphatic heterocycles. The van der Waals surface area contributed by atoms with Gasteiger partial charge in [0.25, 0.3) is 0 Å². The molecule has 0 bridgehead atoms. The Bertz CT molecular complexity index is 1610. The van der Waals surface area contributed by atoms with Crippen molar-refractivity contribution in [3.05, 3.63) is 109 Å². The molecule has 6 heteroatoms. The molecule has 0 amide bonds. The van der Waals surface area contributed by atoms with Gasteiger partial charge in [0.1, 0.15) is 13.2 Å². The van der Waals surface area contributed by atoms with Gasteiger partial charge in [-0.1, -0.05) is 310 Å². The van der Waals surface area contributed by atoms with Gasteiger partial charge in [-0.15, -0.1) is 0 Å². The summed E-state index contributed by atoms with van der Waals surface area (Å²) in [6, 6.07) is 0. The molecule has 458 valence electrons. The summed E-state index contributed by atoms with van der Waals surface area (Å²) >= 11 is 0. The largest absolute Gasteiger partial charge is 0.462 e. The fourth-order valence-electron chi connectivity index (χ4n) is 9.52. The molecular formula is C74H126O6. The van der Waals surface area contributed by atoms with Crippen molar-refractivity contribution < 1.29 is 28.6 Å². The Kier molecular flexibility index (Phi) is 64.3. The van der Waals surface area contributed by atoms with Gasteiger partial charge in [0.15, 0.2) is 6.10 Å². The molecular weight excluding hydrogens is 985 g/mol. The second kappa shape index (κ2) is 67.6. The molecule has 0 aromatic heterocycles. The van der Waals surface area contributed by atoms with Crippen LogP contribution in [0.5, 0.6) is 0 Å². The molecule has 0 saturated carbocycles. The summed E-state index contributed by atoms with van der Waals surface area (Å²) in [5, 5.41) is 0. The third-order valence-electron chi connectivity index (χ3n) is 14.5. The van der Waals surface area contributed by atoms with Crippen LogP contribution in [0.4, 0.5) is 0 Å². The van der Waals surface area contributed by atoms with Crippen molar-refractivity contribution in [2.75, 3.05) is 13.2 Å². The van der Waals surface area contributed by atoms with Crippen LogP contribution in [0.25, 0.3) is 0 Å². The van der Waals surface area contributed by atoms with Crippen LogP contribution < -0.4 is 0 Å². The van der Waals surface area contributed by atoms with Crippen LogP contribution in [-0.4, -0.2) is 37.2 Å². The highest BCUT2D eigenvalue weighted by Gasteiger charge is 2.19. The van der Waals surface area contributed by atoms with E-state index in [-0.39, 0.29) is 31.1 Å². The Labute approximate surface area is 495 Å². The van der Waals surface area contributed by atoms with E-state index < -0.39 is 6.10 Å². The van der Waals surface area contributed by atoms with Gasteiger partial charge >= 0.3 is 17.9 Å². The number of esters is 3. The van der Waals surface area contributed by atoms with Gasteiger partial charge in [-0.2, -0.15) is 0 Å². The zero-order valence-electron chi connectivity index (χ0n) is 52.6. The maximum atomic E-state index is 12.9. The number of ether oxygens (including phenoxy) is 3. The van der Waals surface area contributed by atoms with Crippen molar-refractivity contribution in [3.63, 3.8) is 0 Å². The summed E-state index contributed by atoms with van der Waals surface area (Å²) in [5.74, 6) is -0.923. The van der Waals surface area contributed by atoms with E-state index in [1.54, 1.807) is 0 Å². The number of hydrogen-bond donors (Lipinski definition) is 0. The van der Waals surface area contributed by atoms with Crippen molar-refractivity contribution in [3.8, 4) is 0 Å². The van der Waals surface area contributed by atoms with Gasteiger partial charge in [-0.25, -0.2) is 0 Å². The Morgan fingerprint density at radius 3 is 0.787 bits per heavy atom. The molecule has 1 unspecified atom stereocenters. The average Bonchev–Trinajstić information content (AvgIpc) is 3.46. The van der Waals surface area contributed by atoms with Crippen LogP contribution in [-0.2, 0) is 28.6 Å². The number of rotatable bonds is 61. The van der Waals surface area contributed by atoms with Crippen LogP contribution in [0, 0.1) is 0 Å². The molecule has 0 radical (unpaired) electrons. The van der Waals surface area contributed by atoms with Crippen LogP contribution in [0.1, 0.15) is 323 Å². The molecule has 0 N–H and O–H groups in total. The fourth-order valence-corrected chi connectivity index (χ4v) is 9.52. The van der Waals surface area contributed by atoms with Gasteiger partial charge in [0.2, 0.25) is 0 Å². The molecule has 0 aliphatic rings. The van der Waals surface area contributed by atoms with E-state index in [2.05, 4.69) is 130 Å². The number of unbranched alkanes of at least 4 members (excludes halogenated alkanes) is 32.